The molecule has 0 saturated heterocycles. The summed E-state index contributed by atoms with van der Waals surface area (Å²) in [6.07, 6.45) is 1.84. The molecule has 0 N–H and O–H groups in total. The molecule has 0 radical (unpaired) electrons. The molecular weight excluding hydrogens is 510 g/mol. The van der Waals surface area contributed by atoms with Gasteiger partial charge in [0.1, 0.15) is 0 Å². The molecule has 0 fully saturated rings. The summed E-state index contributed by atoms with van der Waals surface area (Å²) in [4.78, 5) is 7.91. The van der Waals surface area contributed by atoms with Gasteiger partial charge in [0.15, 0.2) is 5.13 Å². The van der Waals surface area contributed by atoms with Gasteiger partial charge < -0.3 is 4.90 Å². The number of aromatic nitrogens is 1. The number of aryl methyl sites for hydroxylation is 1. The molecule has 5 aromatic rings. The molecule has 38 heavy (non-hydrogen) atoms. The van der Waals surface area contributed by atoms with E-state index in [0.717, 1.165) is 32.4 Å². The normalized spacial score (nSPS) is 11.6. The quantitative estimate of drug-likeness (QED) is 0.198. The molecule has 5 rings (SSSR count). The summed E-state index contributed by atoms with van der Waals surface area (Å²) in [6.45, 7) is 2.66. The Bertz CT molecular complexity index is 1540. The first kappa shape index (κ1) is 25.9. The Labute approximate surface area is 228 Å². The van der Waals surface area contributed by atoms with E-state index in [2.05, 4.69) is 41.1 Å². The predicted molar refractivity (Wildman–Crippen MR) is 156 cm³/mol. The van der Waals surface area contributed by atoms with E-state index in [9.17, 15) is 8.42 Å². The highest BCUT2D eigenvalue weighted by molar-refractivity contribution is 7.89. The number of hydrogen-bond acceptors (Lipinski definition) is 5. The minimum absolute atomic E-state index is 0.273. The summed E-state index contributed by atoms with van der Waals surface area (Å²) in [5.74, 6) is 0. The summed E-state index contributed by atoms with van der Waals surface area (Å²) in [6, 6.07) is 34.8. The minimum atomic E-state index is -3.73. The molecule has 0 unspecified atom stereocenters. The molecule has 0 bridgehead atoms. The van der Waals surface area contributed by atoms with Crippen LogP contribution in [0.4, 0.5) is 10.8 Å². The third kappa shape index (κ3) is 5.86. The van der Waals surface area contributed by atoms with Gasteiger partial charge >= 0.3 is 0 Å². The van der Waals surface area contributed by atoms with E-state index >= 15 is 0 Å². The van der Waals surface area contributed by atoms with Gasteiger partial charge in [-0.05, 0) is 47.9 Å². The van der Waals surface area contributed by atoms with Gasteiger partial charge in [-0.3, -0.25) is 0 Å². The maximum Gasteiger partial charge on any atom is 0.243 e. The SMILES string of the molecule is Cc1ccc(N(C)c2ncc(-c3ccc(S(=O)(=O)N(Cc4ccccc4)Cc4ccccc4)cc3)s2)cc1. The van der Waals surface area contributed by atoms with Crippen LogP contribution in [0.3, 0.4) is 0 Å². The van der Waals surface area contributed by atoms with Crippen molar-refractivity contribution in [3.05, 3.63) is 132 Å². The molecule has 0 aliphatic rings. The van der Waals surface area contributed by atoms with Gasteiger partial charge in [-0.25, -0.2) is 13.4 Å². The van der Waals surface area contributed by atoms with E-state index in [-0.39, 0.29) is 4.90 Å². The van der Waals surface area contributed by atoms with Crippen molar-refractivity contribution in [3.63, 3.8) is 0 Å². The maximum absolute atomic E-state index is 13.8. The second kappa shape index (κ2) is 11.3. The van der Waals surface area contributed by atoms with Crippen LogP contribution in [0.2, 0.25) is 0 Å². The average molecular weight is 540 g/mol. The Morgan fingerprint density at radius 3 is 1.84 bits per heavy atom. The molecule has 0 aliphatic heterocycles. The second-order valence-electron chi connectivity index (χ2n) is 9.17. The van der Waals surface area contributed by atoms with Gasteiger partial charge in [-0.2, -0.15) is 4.31 Å². The van der Waals surface area contributed by atoms with E-state index in [4.69, 9.17) is 0 Å². The van der Waals surface area contributed by atoms with E-state index < -0.39 is 10.0 Å². The molecule has 0 aliphatic carbocycles. The van der Waals surface area contributed by atoms with Crippen LogP contribution in [0.1, 0.15) is 16.7 Å². The summed E-state index contributed by atoms with van der Waals surface area (Å²) >= 11 is 1.57. The number of hydrogen-bond donors (Lipinski definition) is 0. The van der Waals surface area contributed by atoms with E-state index in [0.29, 0.717) is 13.1 Å². The van der Waals surface area contributed by atoms with Crippen molar-refractivity contribution in [2.45, 2.75) is 24.9 Å². The van der Waals surface area contributed by atoms with Crippen LogP contribution >= 0.6 is 11.3 Å². The van der Waals surface area contributed by atoms with Gasteiger partial charge in [0.2, 0.25) is 10.0 Å². The first-order valence-electron chi connectivity index (χ1n) is 12.3. The number of sulfonamides is 1. The molecule has 1 aromatic heterocycles. The molecule has 0 saturated carbocycles. The van der Waals surface area contributed by atoms with E-state index in [1.165, 1.54) is 9.87 Å². The molecule has 5 nitrogen and oxygen atoms in total. The Morgan fingerprint density at radius 2 is 1.29 bits per heavy atom. The van der Waals surface area contributed by atoms with Crippen molar-refractivity contribution in [1.29, 1.82) is 0 Å². The summed E-state index contributed by atoms with van der Waals surface area (Å²) < 4.78 is 29.1. The van der Waals surface area contributed by atoms with Crippen LogP contribution in [-0.2, 0) is 23.1 Å². The predicted octanol–water partition coefficient (Wildman–Crippen LogP) is 7.28. The van der Waals surface area contributed by atoms with Crippen molar-refractivity contribution in [2.24, 2.45) is 0 Å². The lowest BCUT2D eigenvalue weighted by molar-refractivity contribution is 0.401. The van der Waals surface area contributed by atoms with Crippen molar-refractivity contribution in [2.75, 3.05) is 11.9 Å². The van der Waals surface area contributed by atoms with Crippen LogP contribution < -0.4 is 4.90 Å². The van der Waals surface area contributed by atoms with Crippen LogP contribution in [0.5, 0.6) is 0 Å². The largest absolute Gasteiger partial charge is 0.321 e. The zero-order valence-corrected chi connectivity index (χ0v) is 23.0. The molecule has 4 aromatic carbocycles. The highest BCUT2D eigenvalue weighted by Gasteiger charge is 2.25. The Balaban J connectivity index is 1.38. The first-order valence-corrected chi connectivity index (χ1v) is 14.6. The lowest BCUT2D eigenvalue weighted by atomic mass is 10.2. The van der Waals surface area contributed by atoms with Crippen LogP contribution in [-0.4, -0.2) is 24.8 Å². The van der Waals surface area contributed by atoms with E-state index in [1.54, 1.807) is 23.5 Å². The Kier molecular flexibility index (Phi) is 7.69. The Morgan fingerprint density at radius 1 is 0.737 bits per heavy atom. The van der Waals surface area contributed by atoms with Crippen LogP contribution in [0.15, 0.2) is 120 Å². The first-order chi connectivity index (χ1) is 18.4. The second-order valence-corrected chi connectivity index (χ2v) is 12.1. The maximum atomic E-state index is 13.8. The molecule has 0 spiro atoms. The van der Waals surface area contributed by atoms with Gasteiger partial charge in [0, 0.05) is 32.0 Å². The zero-order chi connectivity index (χ0) is 26.5. The standard InChI is InChI=1S/C31H29N3O2S2/c1-24-13-17-28(18-14-24)33(2)31-32-21-30(37-31)27-15-19-29(20-16-27)38(35,36)34(22-25-9-5-3-6-10-25)23-26-11-7-4-8-12-26/h3-21H,22-23H2,1-2H3. The zero-order valence-electron chi connectivity index (χ0n) is 21.4. The van der Waals surface area contributed by atoms with Crippen molar-refractivity contribution in [1.82, 2.24) is 9.29 Å². The van der Waals surface area contributed by atoms with Gasteiger partial charge in [0.05, 0.1) is 9.77 Å². The number of nitrogens with zero attached hydrogens (tertiary/aromatic N) is 3. The molecule has 7 heteroatoms. The lowest BCUT2D eigenvalue weighted by Gasteiger charge is -2.23. The minimum Gasteiger partial charge on any atom is -0.321 e. The summed E-state index contributed by atoms with van der Waals surface area (Å²) in [7, 11) is -1.73. The fourth-order valence-electron chi connectivity index (χ4n) is 4.17. The number of anilines is 2. The van der Waals surface area contributed by atoms with Crippen LogP contribution in [0, 0.1) is 6.92 Å². The third-order valence-electron chi connectivity index (χ3n) is 6.38. The van der Waals surface area contributed by atoms with Gasteiger partial charge in [-0.15, -0.1) is 0 Å². The van der Waals surface area contributed by atoms with Crippen molar-refractivity contribution < 1.29 is 8.42 Å². The van der Waals surface area contributed by atoms with Gasteiger partial charge in [0.25, 0.3) is 0 Å². The van der Waals surface area contributed by atoms with E-state index in [1.807, 2.05) is 86.0 Å². The number of rotatable bonds is 9. The highest BCUT2D eigenvalue weighted by atomic mass is 32.2. The molecule has 192 valence electrons. The monoisotopic (exact) mass is 539 g/mol. The summed E-state index contributed by atoms with van der Waals surface area (Å²) in [5, 5.41) is 0.873. The van der Waals surface area contributed by atoms with Crippen molar-refractivity contribution >= 4 is 32.2 Å². The molecule has 0 atom stereocenters. The number of thiazole rings is 1. The Hall–Kier alpha value is -3.78. The molecule has 1 heterocycles. The van der Waals surface area contributed by atoms with Gasteiger partial charge in [-0.1, -0.05) is 102 Å². The smallest absolute Gasteiger partial charge is 0.243 e. The fourth-order valence-corrected chi connectivity index (χ4v) is 6.49. The molecular formula is C31H29N3O2S2. The summed E-state index contributed by atoms with van der Waals surface area (Å²) in [5.41, 5.74) is 5.10. The third-order valence-corrected chi connectivity index (χ3v) is 9.31. The van der Waals surface area contributed by atoms with Crippen molar-refractivity contribution in [3.8, 4) is 10.4 Å². The topological polar surface area (TPSA) is 53.5 Å². The molecule has 0 amide bonds. The fraction of sp³-hybridized carbons (Fsp3) is 0.129. The number of benzene rings is 4. The lowest BCUT2D eigenvalue weighted by Crippen LogP contribution is -2.30. The van der Waals surface area contributed by atoms with Crippen LogP contribution in [0.25, 0.3) is 10.4 Å². The average Bonchev–Trinajstić information content (AvgIpc) is 3.44. The highest BCUT2D eigenvalue weighted by Crippen LogP contribution is 2.34.